The molecule has 4 aromatic rings. The molecule has 2 N–H and O–H groups in total. The van der Waals surface area contributed by atoms with Crippen molar-refractivity contribution in [1.29, 1.82) is 0 Å². The summed E-state index contributed by atoms with van der Waals surface area (Å²) in [5.41, 5.74) is 6.15. The molecule has 0 aliphatic rings. The largest absolute Gasteiger partial charge is 0.508 e. The highest BCUT2D eigenvalue weighted by Gasteiger charge is 2.24. The Morgan fingerprint density at radius 1 is 0.867 bits per heavy atom. The molecule has 238 valence electrons. The first-order valence-electron chi connectivity index (χ1n) is 15.4. The number of phenols is 1. The molecule has 0 aromatic heterocycles. The summed E-state index contributed by atoms with van der Waals surface area (Å²) in [7, 11) is -1.38. The fraction of sp³-hybridized carbons (Fsp3) is 0.324. The molecule has 0 aliphatic carbocycles. The predicted molar refractivity (Wildman–Crippen MR) is 179 cm³/mol. The molecular formula is C37H43FNO5P. The second-order valence-electron chi connectivity index (χ2n) is 11.3. The highest BCUT2D eigenvalue weighted by molar-refractivity contribution is 7.50. The van der Waals surface area contributed by atoms with Crippen LogP contribution in [0.3, 0.4) is 0 Å². The summed E-state index contributed by atoms with van der Waals surface area (Å²) >= 11 is 0. The summed E-state index contributed by atoms with van der Waals surface area (Å²) in [6, 6.07) is 25.0. The number of benzene rings is 4. The number of phenolic OH excluding ortho intramolecular Hbond substituents is 1. The molecule has 2 atom stereocenters. The second-order valence-corrected chi connectivity index (χ2v) is 12.7. The van der Waals surface area contributed by atoms with E-state index in [1.165, 1.54) is 17.7 Å². The van der Waals surface area contributed by atoms with Gasteiger partial charge in [-0.15, -0.1) is 0 Å². The van der Waals surface area contributed by atoms with E-state index in [0.29, 0.717) is 18.6 Å². The van der Waals surface area contributed by atoms with Crippen molar-refractivity contribution in [3.63, 3.8) is 0 Å². The third-order valence-corrected chi connectivity index (χ3v) is 9.16. The number of halogens is 1. The summed E-state index contributed by atoms with van der Waals surface area (Å²) in [5, 5.41) is 13.8. The molecule has 0 fully saturated rings. The van der Waals surface area contributed by atoms with Gasteiger partial charge in [0.1, 0.15) is 35.2 Å². The quantitative estimate of drug-likeness (QED) is 0.101. The van der Waals surface area contributed by atoms with Crippen LogP contribution in [0.2, 0.25) is 0 Å². The molecule has 2 unspecified atom stereocenters. The molecule has 0 saturated heterocycles. The van der Waals surface area contributed by atoms with Crippen molar-refractivity contribution >= 4 is 14.3 Å². The Morgan fingerprint density at radius 2 is 1.51 bits per heavy atom. The van der Waals surface area contributed by atoms with Crippen molar-refractivity contribution in [3.8, 4) is 17.2 Å². The lowest BCUT2D eigenvalue weighted by atomic mass is 9.93. The van der Waals surface area contributed by atoms with Crippen LogP contribution in [0.4, 0.5) is 4.39 Å². The Labute approximate surface area is 267 Å². The van der Waals surface area contributed by atoms with Gasteiger partial charge in [0.2, 0.25) is 8.30 Å². The van der Waals surface area contributed by atoms with Gasteiger partial charge in [-0.3, -0.25) is 4.79 Å². The van der Waals surface area contributed by atoms with Crippen molar-refractivity contribution in [2.45, 2.75) is 72.4 Å². The fourth-order valence-electron chi connectivity index (χ4n) is 5.05. The Kier molecular flexibility index (Phi) is 12.4. The van der Waals surface area contributed by atoms with E-state index in [0.717, 1.165) is 46.4 Å². The van der Waals surface area contributed by atoms with Crippen LogP contribution in [0.5, 0.6) is 17.2 Å². The van der Waals surface area contributed by atoms with Gasteiger partial charge in [-0.25, -0.2) is 9.48 Å². The maximum Gasteiger partial charge on any atom is 0.323 e. The number of aromatic hydroxyl groups is 1. The number of aryl methyl sites for hydroxylation is 2. The normalized spacial score (nSPS) is 12.5. The van der Waals surface area contributed by atoms with Gasteiger partial charge in [0, 0.05) is 6.42 Å². The first-order valence-corrected chi connectivity index (χ1v) is 16.8. The molecule has 0 bridgehead atoms. The molecule has 0 spiro atoms. The summed E-state index contributed by atoms with van der Waals surface area (Å²) < 4.78 is 31.5. The number of hydrogen-bond acceptors (Lipinski definition) is 6. The minimum absolute atomic E-state index is 0.105. The smallest absolute Gasteiger partial charge is 0.323 e. The monoisotopic (exact) mass is 631 g/mol. The average Bonchev–Trinajstić information content (AvgIpc) is 3.03. The van der Waals surface area contributed by atoms with Gasteiger partial charge in [0.05, 0.1) is 0 Å². The topological polar surface area (TPSA) is 77.0 Å². The lowest BCUT2D eigenvalue weighted by Gasteiger charge is -2.24. The van der Waals surface area contributed by atoms with Crippen molar-refractivity contribution in [2.75, 3.05) is 6.35 Å². The zero-order chi connectivity index (χ0) is 32.3. The first kappa shape index (κ1) is 34.0. The van der Waals surface area contributed by atoms with E-state index in [9.17, 15) is 14.3 Å². The van der Waals surface area contributed by atoms with Crippen LogP contribution < -0.4 is 14.3 Å². The van der Waals surface area contributed by atoms with Gasteiger partial charge in [0.25, 0.3) is 0 Å². The third-order valence-electron chi connectivity index (χ3n) is 7.69. The minimum Gasteiger partial charge on any atom is -0.508 e. The van der Waals surface area contributed by atoms with E-state index >= 15 is 0 Å². The van der Waals surface area contributed by atoms with Gasteiger partial charge in [-0.2, -0.15) is 0 Å². The number of nitrogens with one attached hydrogen (secondary N) is 1. The van der Waals surface area contributed by atoms with E-state index in [4.69, 9.17) is 14.0 Å². The Bertz CT molecular complexity index is 1520. The number of esters is 1. The number of para-hydroxylation sites is 1. The molecule has 0 amide bonds. The summed E-state index contributed by atoms with van der Waals surface area (Å²) in [4.78, 5) is 12.8. The van der Waals surface area contributed by atoms with Crippen LogP contribution in [0.15, 0.2) is 84.9 Å². The van der Waals surface area contributed by atoms with Gasteiger partial charge >= 0.3 is 5.97 Å². The summed E-state index contributed by atoms with van der Waals surface area (Å²) in [6.07, 6.45) is 2.87. The number of hydrogen-bond donors (Lipinski definition) is 2. The molecule has 4 rings (SSSR count). The Hall–Kier alpha value is -3.93. The van der Waals surface area contributed by atoms with E-state index in [-0.39, 0.29) is 30.0 Å². The Morgan fingerprint density at radius 3 is 2.16 bits per heavy atom. The molecule has 0 radical (unpaired) electrons. The number of ether oxygens (including phenoxy) is 2. The average molecular weight is 632 g/mol. The second kappa shape index (κ2) is 16.4. The summed E-state index contributed by atoms with van der Waals surface area (Å²) in [6.45, 7) is 9.92. The molecule has 8 heteroatoms. The van der Waals surface area contributed by atoms with E-state index < -0.39 is 14.3 Å². The van der Waals surface area contributed by atoms with Crippen LogP contribution in [-0.2, 0) is 22.4 Å². The van der Waals surface area contributed by atoms with Crippen LogP contribution in [-0.4, -0.2) is 29.6 Å². The molecule has 4 aromatic carbocycles. The van der Waals surface area contributed by atoms with Gasteiger partial charge < -0.3 is 19.1 Å². The van der Waals surface area contributed by atoms with E-state index in [2.05, 4.69) is 18.9 Å². The van der Waals surface area contributed by atoms with Crippen LogP contribution in [0.1, 0.15) is 67.0 Å². The van der Waals surface area contributed by atoms with E-state index in [1.54, 1.807) is 25.1 Å². The number of carbonyl (C=O) groups is 1. The van der Waals surface area contributed by atoms with E-state index in [1.807, 2.05) is 68.4 Å². The molecular weight excluding hydrogens is 588 g/mol. The molecule has 0 aliphatic heterocycles. The SMILES string of the molecule is CCC(CC)OC(=O)C(C)NP(COc1cc(C)c(Cc2ccc(O)c(Cc3ccc(F)cc3)c2)c(C)c1)Oc1ccccc1. The van der Waals surface area contributed by atoms with Crippen molar-refractivity contribution < 1.29 is 28.3 Å². The zero-order valence-electron chi connectivity index (χ0n) is 26.7. The number of rotatable bonds is 15. The van der Waals surface area contributed by atoms with Crippen LogP contribution in [0, 0.1) is 19.7 Å². The predicted octanol–water partition coefficient (Wildman–Crippen LogP) is 8.77. The maximum atomic E-state index is 13.3. The van der Waals surface area contributed by atoms with Crippen molar-refractivity contribution in [3.05, 3.63) is 124 Å². The Balaban J connectivity index is 1.45. The minimum atomic E-state index is -1.38. The lowest BCUT2D eigenvalue weighted by molar-refractivity contribution is -0.151. The third kappa shape index (κ3) is 10.0. The summed E-state index contributed by atoms with van der Waals surface area (Å²) in [5.74, 6) is 1.05. The van der Waals surface area contributed by atoms with Gasteiger partial charge in [0.15, 0.2) is 6.35 Å². The fourth-order valence-corrected chi connectivity index (χ4v) is 6.41. The van der Waals surface area contributed by atoms with Crippen LogP contribution in [0.25, 0.3) is 0 Å². The zero-order valence-corrected chi connectivity index (χ0v) is 27.6. The molecule has 0 saturated carbocycles. The molecule has 0 heterocycles. The lowest BCUT2D eigenvalue weighted by Crippen LogP contribution is -2.36. The highest BCUT2D eigenvalue weighted by atomic mass is 31.2. The standard InChI is InChI=1S/C37H43FNO5P/c1-6-32(7-2)43-37(41)27(5)39-45(44-33-11-9-8-10-12-33)24-42-34-19-25(3)35(26(4)20-34)23-29-15-18-36(40)30(22-29)21-28-13-16-31(38)17-14-28/h8-20,22,27,32,39-40H,6-7,21,23-24H2,1-5H3. The van der Waals surface area contributed by atoms with Crippen LogP contribution >= 0.6 is 8.30 Å². The highest BCUT2D eigenvalue weighted by Crippen LogP contribution is 2.36. The molecule has 45 heavy (non-hydrogen) atoms. The van der Waals surface area contributed by atoms with Crippen molar-refractivity contribution in [1.82, 2.24) is 5.09 Å². The van der Waals surface area contributed by atoms with Gasteiger partial charge in [-0.05, 0) is 116 Å². The van der Waals surface area contributed by atoms with Gasteiger partial charge in [-0.1, -0.05) is 56.3 Å². The maximum absolute atomic E-state index is 13.3. The van der Waals surface area contributed by atoms with Crippen molar-refractivity contribution in [2.24, 2.45) is 0 Å². The molecule has 6 nitrogen and oxygen atoms in total. The first-order chi connectivity index (χ1) is 21.6. The number of carbonyl (C=O) groups excluding carboxylic acids is 1.